The molecule has 1 aromatic carbocycles. The van der Waals surface area contributed by atoms with E-state index in [2.05, 4.69) is 20.6 Å². The predicted molar refractivity (Wildman–Crippen MR) is 122 cm³/mol. The smallest absolute Gasteiger partial charge is 0.287 e. The van der Waals surface area contributed by atoms with Gasteiger partial charge in [0.05, 0.1) is 17.0 Å². The maximum absolute atomic E-state index is 12.9. The molecule has 5 rings (SSSR count). The number of hydrogen-bond acceptors (Lipinski definition) is 7. The molecule has 11 heteroatoms. The molecule has 1 unspecified atom stereocenters. The molecule has 2 aromatic heterocycles. The van der Waals surface area contributed by atoms with Crippen LogP contribution in [0.2, 0.25) is 0 Å². The number of aryl methyl sites for hydroxylation is 1. The first-order valence-electron chi connectivity index (χ1n) is 10.4. The lowest BCUT2D eigenvalue weighted by molar-refractivity contribution is -0.130. The molecule has 3 N–H and O–H groups in total. The number of aromatic amines is 1. The number of carbonyl (C=O) groups excluding carboxylic acids is 3. The number of aromatic nitrogens is 2. The largest absolute Gasteiger partial charge is 0.482 e. The molecule has 170 valence electrons. The fourth-order valence-electron chi connectivity index (χ4n) is 4.22. The summed E-state index contributed by atoms with van der Waals surface area (Å²) in [6.07, 6.45) is 1.38. The van der Waals surface area contributed by atoms with E-state index in [1.165, 1.54) is 16.2 Å². The Labute approximate surface area is 192 Å². The molecule has 0 spiro atoms. The van der Waals surface area contributed by atoms with Crippen molar-refractivity contribution < 1.29 is 19.1 Å². The lowest BCUT2D eigenvalue weighted by atomic mass is 10.00. The van der Waals surface area contributed by atoms with E-state index >= 15 is 0 Å². The first kappa shape index (κ1) is 21.1. The standard InChI is InChI=1S/C22H21N5O5S/c1-27(2)22(31)11-4-6-14-16(11)17-19(29)25-18(26-21(17)33-14)20(30)23-8-10-3-5-13-12(7-10)24-15(28)9-32-13/h3,5,7,11H,4,6,8-9H2,1-2H3,(H,23,30)(H,24,28)(H,25,26,29). The average Bonchev–Trinajstić information content (AvgIpc) is 3.35. The second-order valence-electron chi connectivity index (χ2n) is 8.21. The Balaban J connectivity index is 1.37. The molecular weight excluding hydrogens is 446 g/mol. The quantitative estimate of drug-likeness (QED) is 0.531. The first-order chi connectivity index (χ1) is 15.8. The molecule has 1 aliphatic heterocycles. The molecule has 10 nitrogen and oxygen atoms in total. The SMILES string of the molecule is CN(C)C(=O)C1CCc2sc3nc(C(=O)NCc4ccc5c(c4)NC(=O)CO5)[nH]c(=O)c3c21. The number of ether oxygens (including phenoxy) is 1. The van der Waals surface area contributed by atoms with Crippen LogP contribution >= 0.6 is 11.3 Å². The summed E-state index contributed by atoms with van der Waals surface area (Å²) in [5.41, 5.74) is 1.61. The normalized spacial score (nSPS) is 16.5. The van der Waals surface area contributed by atoms with Gasteiger partial charge in [0, 0.05) is 25.5 Å². The molecule has 3 heterocycles. The van der Waals surface area contributed by atoms with Gasteiger partial charge in [-0.3, -0.25) is 19.2 Å². The van der Waals surface area contributed by atoms with Gasteiger partial charge in [0.2, 0.25) is 11.7 Å². The number of hydrogen-bond donors (Lipinski definition) is 3. The summed E-state index contributed by atoms with van der Waals surface area (Å²) in [5, 5.41) is 5.86. The van der Waals surface area contributed by atoms with Gasteiger partial charge in [-0.25, -0.2) is 4.98 Å². The molecule has 0 saturated carbocycles. The van der Waals surface area contributed by atoms with Crippen molar-refractivity contribution in [3.8, 4) is 5.75 Å². The number of rotatable bonds is 4. The fourth-order valence-corrected chi connectivity index (χ4v) is 5.47. The van der Waals surface area contributed by atoms with Crippen LogP contribution in [0.3, 0.4) is 0 Å². The summed E-state index contributed by atoms with van der Waals surface area (Å²) in [6.45, 7) is 0.144. The molecule has 0 radical (unpaired) electrons. The summed E-state index contributed by atoms with van der Waals surface area (Å²) >= 11 is 1.36. The number of nitrogens with zero attached hydrogens (tertiary/aromatic N) is 2. The molecular formula is C22H21N5O5S. The van der Waals surface area contributed by atoms with E-state index in [9.17, 15) is 19.2 Å². The van der Waals surface area contributed by atoms with Crippen molar-refractivity contribution in [1.29, 1.82) is 0 Å². The minimum Gasteiger partial charge on any atom is -0.482 e. The molecule has 3 amide bonds. The molecule has 0 saturated heterocycles. The maximum atomic E-state index is 12.9. The van der Waals surface area contributed by atoms with E-state index in [-0.39, 0.29) is 36.7 Å². The Bertz CT molecular complexity index is 1380. The van der Waals surface area contributed by atoms with E-state index in [1.807, 2.05) is 0 Å². The van der Waals surface area contributed by atoms with Crippen molar-refractivity contribution in [2.75, 3.05) is 26.0 Å². The minimum atomic E-state index is -0.526. The Morgan fingerprint density at radius 2 is 2.12 bits per heavy atom. The number of benzene rings is 1. The molecule has 0 bridgehead atoms. The average molecular weight is 468 g/mol. The fraction of sp³-hybridized carbons (Fsp3) is 0.318. The van der Waals surface area contributed by atoms with Crippen LogP contribution < -0.4 is 20.9 Å². The third-order valence-corrected chi connectivity index (χ3v) is 6.93. The van der Waals surface area contributed by atoms with E-state index < -0.39 is 11.5 Å². The number of nitrogens with one attached hydrogen (secondary N) is 3. The molecule has 1 atom stereocenters. The zero-order chi connectivity index (χ0) is 23.3. The number of H-pyrrole nitrogens is 1. The number of thiophene rings is 1. The highest BCUT2D eigenvalue weighted by molar-refractivity contribution is 7.18. The molecule has 2 aliphatic rings. The van der Waals surface area contributed by atoms with Crippen LogP contribution in [0.15, 0.2) is 23.0 Å². The van der Waals surface area contributed by atoms with Gasteiger partial charge >= 0.3 is 0 Å². The highest BCUT2D eigenvalue weighted by Crippen LogP contribution is 2.42. The minimum absolute atomic E-state index is 0.0270. The van der Waals surface area contributed by atoms with E-state index in [1.54, 1.807) is 32.3 Å². The van der Waals surface area contributed by atoms with Crippen LogP contribution in [0.5, 0.6) is 5.75 Å². The van der Waals surface area contributed by atoms with Gasteiger partial charge < -0.3 is 25.3 Å². The lowest BCUT2D eigenvalue weighted by Gasteiger charge is -2.18. The Morgan fingerprint density at radius 3 is 2.91 bits per heavy atom. The van der Waals surface area contributed by atoms with Gasteiger partial charge in [-0.15, -0.1) is 11.3 Å². The third kappa shape index (κ3) is 3.74. The monoisotopic (exact) mass is 467 g/mol. The topological polar surface area (TPSA) is 133 Å². The maximum Gasteiger partial charge on any atom is 0.287 e. The van der Waals surface area contributed by atoms with Crippen LogP contribution in [0.1, 0.15) is 39.0 Å². The Kier molecular flexibility index (Phi) is 5.12. The van der Waals surface area contributed by atoms with Gasteiger partial charge in [0.1, 0.15) is 10.6 Å². The van der Waals surface area contributed by atoms with E-state index in [4.69, 9.17) is 4.74 Å². The molecule has 33 heavy (non-hydrogen) atoms. The van der Waals surface area contributed by atoms with E-state index in [0.717, 1.165) is 16.0 Å². The van der Waals surface area contributed by atoms with E-state index in [0.29, 0.717) is 34.5 Å². The van der Waals surface area contributed by atoms with Crippen LogP contribution in [0.25, 0.3) is 10.2 Å². The molecule has 3 aromatic rings. The number of fused-ring (bicyclic) bond motifs is 4. The first-order valence-corrected chi connectivity index (χ1v) is 11.2. The van der Waals surface area contributed by atoms with Gasteiger partial charge in [-0.1, -0.05) is 6.07 Å². The summed E-state index contributed by atoms with van der Waals surface area (Å²) in [7, 11) is 3.40. The second kappa shape index (κ2) is 8.00. The molecule has 1 aliphatic carbocycles. The zero-order valence-electron chi connectivity index (χ0n) is 18.0. The van der Waals surface area contributed by atoms with Crippen molar-refractivity contribution in [3.05, 3.63) is 50.4 Å². The predicted octanol–water partition coefficient (Wildman–Crippen LogP) is 1.36. The summed E-state index contributed by atoms with van der Waals surface area (Å²) in [5.74, 6) is -0.686. The van der Waals surface area contributed by atoms with Crippen LogP contribution in [0, 0.1) is 0 Å². The number of likely N-dealkylation sites (N-methyl/N-ethyl adjacent to an activating group) is 1. The van der Waals surface area contributed by atoms with Gasteiger partial charge in [-0.2, -0.15) is 0 Å². The summed E-state index contributed by atoms with van der Waals surface area (Å²) in [4.78, 5) is 59.6. The lowest BCUT2D eigenvalue weighted by Crippen LogP contribution is -2.29. The summed E-state index contributed by atoms with van der Waals surface area (Å²) in [6, 6.07) is 5.22. The van der Waals surface area contributed by atoms with Crippen molar-refractivity contribution in [2.45, 2.75) is 25.3 Å². The highest BCUT2D eigenvalue weighted by atomic mass is 32.1. The Hall–Kier alpha value is -3.73. The highest BCUT2D eigenvalue weighted by Gasteiger charge is 2.35. The van der Waals surface area contributed by atoms with Crippen molar-refractivity contribution in [2.24, 2.45) is 0 Å². The number of anilines is 1. The second-order valence-corrected chi connectivity index (χ2v) is 9.29. The van der Waals surface area contributed by atoms with Gasteiger partial charge in [0.25, 0.3) is 17.4 Å². The van der Waals surface area contributed by atoms with Crippen LogP contribution in [-0.2, 0) is 22.6 Å². The number of carbonyl (C=O) groups is 3. The van der Waals surface area contributed by atoms with Crippen molar-refractivity contribution >= 4 is 45.0 Å². The van der Waals surface area contributed by atoms with Crippen LogP contribution in [-0.4, -0.2) is 53.3 Å². The van der Waals surface area contributed by atoms with Crippen molar-refractivity contribution in [1.82, 2.24) is 20.2 Å². The molecule has 0 fully saturated rings. The third-order valence-electron chi connectivity index (χ3n) is 5.77. The summed E-state index contributed by atoms with van der Waals surface area (Å²) < 4.78 is 5.33. The van der Waals surface area contributed by atoms with Crippen LogP contribution in [0.4, 0.5) is 5.69 Å². The Morgan fingerprint density at radius 1 is 1.30 bits per heavy atom. The zero-order valence-corrected chi connectivity index (χ0v) is 18.8. The van der Waals surface area contributed by atoms with Crippen molar-refractivity contribution in [3.63, 3.8) is 0 Å². The van der Waals surface area contributed by atoms with Gasteiger partial charge in [0.15, 0.2) is 6.61 Å². The van der Waals surface area contributed by atoms with Gasteiger partial charge in [-0.05, 0) is 36.1 Å². The number of amides is 3.